The predicted molar refractivity (Wildman–Crippen MR) is 94.6 cm³/mol. The number of aromatic nitrogens is 3. The summed E-state index contributed by atoms with van der Waals surface area (Å²) in [6, 6.07) is 0.459. The molecule has 25 heavy (non-hydrogen) atoms. The molecule has 9 nitrogen and oxygen atoms in total. The number of nitrogens with two attached hydrogens (primary N) is 2. The maximum Gasteiger partial charge on any atom is 0.303 e. The summed E-state index contributed by atoms with van der Waals surface area (Å²) in [6.45, 7) is 3.25. The summed E-state index contributed by atoms with van der Waals surface area (Å²) >= 11 is 0. The number of aliphatic carboxylic acids is 1. The van der Waals surface area contributed by atoms with E-state index in [9.17, 15) is 4.79 Å². The van der Waals surface area contributed by atoms with Crippen LogP contribution in [0.5, 0.6) is 0 Å². The van der Waals surface area contributed by atoms with Gasteiger partial charge in [-0.15, -0.1) is 0 Å². The maximum atomic E-state index is 10.9. The van der Waals surface area contributed by atoms with E-state index in [1.54, 1.807) is 0 Å². The molecule has 1 aromatic rings. The Balaban J connectivity index is 1.81. The molecule has 5 N–H and O–H groups in total. The SMILES string of the molecule is NC1CCN(c2nc(CCC(=O)O)nc(N3CCC(N)CC3)n2)CC1. The second-order valence-electron chi connectivity index (χ2n) is 6.89. The Morgan fingerprint density at radius 2 is 1.36 bits per heavy atom. The molecule has 0 bridgehead atoms. The molecule has 2 saturated heterocycles. The van der Waals surface area contributed by atoms with Crippen molar-refractivity contribution in [2.75, 3.05) is 36.0 Å². The molecule has 0 saturated carbocycles. The topological polar surface area (TPSA) is 134 Å². The third kappa shape index (κ3) is 4.76. The number of hydrogen-bond acceptors (Lipinski definition) is 8. The van der Waals surface area contributed by atoms with E-state index in [0.29, 0.717) is 24.1 Å². The van der Waals surface area contributed by atoms with Gasteiger partial charge in [-0.1, -0.05) is 0 Å². The number of carboxylic acid groups (broad SMARTS) is 1. The van der Waals surface area contributed by atoms with Crippen molar-refractivity contribution >= 4 is 17.9 Å². The highest BCUT2D eigenvalue weighted by molar-refractivity contribution is 5.66. The number of anilines is 2. The number of hydrogen-bond donors (Lipinski definition) is 3. The van der Waals surface area contributed by atoms with Gasteiger partial charge in [0, 0.05) is 44.7 Å². The van der Waals surface area contributed by atoms with E-state index in [1.807, 2.05) is 0 Å². The molecule has 138 valence electrons. The van der Waals surface area contributed by atoms with Gasteiger partial charge in [-0.3, -0.25) is 4.79 Å². The van der Waals surface area contributed by atoms with E-state index in [-0.39, 0.29) is 18.5 Å². The summed E-state index contributed by atoms with van der Waals surface area (Å²) in [5.74, 6) is 0.947. The van der Waals surface area contributed by atoms with Crippen molar-refractivity contribution in [1.29, 1.82) is 0 Å². The second-order valence-corrected chi connectivity index (χ2v) is 6.89. The van der Waals surface area contributed by atoms with Gasteiger partial charge in [0.2, 0.25) is 11.9 Å². The number of carboxylic acids is 1. The maximum absolute atomic E-state index is 10.9. The highest BCUT2D eigenvalue weighted by Crippen LogP contribution is 2.21. The van der Waals surface area contributed by atoms with Crippen molar-refractivity contribution in [2.45, 2.75) is 50.6 Å². The molecule has 3 heterocycles. The van der Waals surface area contributed by atoms with Crippen molar-refractivity contribution in [3.63, 3.8) is 0 Å². The Hall–Kier alpha value is -2.00. The first-order valence-electron chi connectivity index (χ1n) is 8.99. The highest BCUT2D eigenvalue weighted by Gasteiger charge is 2.23. The van der Waals surface area contributed by atoms with E-state index in [0.717, 1.165) is 51.9 Å². The summed E-state index contributed by atoms with van der Waals surface area (Å²) in [4.78, 5) is 28.8. The lowest BCUT2D eigenvalue weighted by Crippen LogP contribution is -2.42. The summed E-state index contributed by atoms with van der Waals surface area (Å²) < 4.78 is 0. The molecule has 9 heteroatoms. The lowest BCUT2D eigenvalue weighted by molar-refractivity contribution is -0.137. The fourth-order valence-corrected chi connectivity index (χ4v) is 3.21. The van der Waals surface area contributed by atoms with Gasteiger partial charge in [0.1, 0.15) is 5.82 Å². The number of rotatable bonds is 5. The third-order valence-corrected chi connectivity index (χ3v) is 4.87. The molecule has 0 aromatic carbocycles. The predicted octanol–water partition coefficient (Wildman–Crippen LogP) is -0.256. The van der Waals surface area contributed by atoms with Crippen LogP contribution in [0, 0.1) is 0 Å². The minimum atomic E-state index is -0.851. The molecule has 1 aromatic heterocycles. The lowest BCUT2D eigenvalue weighted by Gasteiger charge is -2.33. The molecule has 2 aliphatic rings. The van der Waals surface area contributed by atoms with Crippen molar-refractivity contribution in [1.82, 2.24) is 15.0 Å². The molecule has 2 fully saturated rings. The van der Waals surface area contributed by atoms with Gasteiger partial charge >= 0.3 is 5.97 Å². The van der Waals surface area contributed by atoms with Crippen LogP contribution in [-0.2, 0) is 11.2 Å². The molecule has 0 spiro atoms. The average Bonchev–Trinajstić information content (AvgIpc) is 2.61. The Bertz CT molecular complexity index is 556. The zero-order chi connectivity index (χ0) is 17.8. The van der Waals surface area contributed by atoms with Gasteiger partial charge in [-0.05, 0) is 25.7 Å². The minimum absolute atomic E-state index is 0.0125. The number of piperidine rings is 2. The van der Waals surface area contributed by atoms with Crippen LogP contribution in [0.15, 0.2) is 0 Å². The summed E-state index contributed by atoms with van der Waals surface area (Å²) in [5, 5.41) is 8.95. The van der Waals surface area contributed by atoms with Crippen LogP contribution in [0.4, 0.5) is 11.9 Å². The van der Waals surface area contributed by atoms with Crippen LogP contribution < -0.4 is 21.3 Å². The first kappa shape index (κ1) is 17.8. The van der Waals surface area contributed by atoms with Crippen LogP contribution in [0.2, 0.25) is 0 Å². The van der Waals surface area contributed by atoms with Gasteiger partial charge in [0.15, 0.2) is 0 Å². The molecule has 0 unspecified atom stereocenters. The van der Waals surface area contributed by atoms with Gasteiger partial charge in [0.25, 0.3) is 0 Å². The van der Waals surface area contributed by atoms with Gasteiger partial charge in [-0.25, -0.2) is 0 Å². The summed E-state index contributed by atoms with van der Waals surface area (Å²) in [6.07, 6.45) is 3.94. The Kier molecular flexibility index (Phi) is 5.64. The van der Waals surface area contributed by atoms with Crippen molar-refractivity contribution in [2.24, 2.45) is 11.5 Å². The quantitative estimate of drug-likeness (QED) is 0.657. The monoisotopic (exact) mass is 349 g/mol. The van der Waals surface area contributed by atoms with Crippen LogP contribution in [0.1, 0.15) is 37.9 Å². The fraction of sp³-hybridized carbons (Fsp3) is 0.750. The molecular formula is C16H27N7O2. The zero-order valence-electron chi connectivity index (χ0n) is 14.5. The average molecular weight is 349 g/mol. The largest absolute Gasteiger partial charge is 0.481 e. The molecule has 0 amide bonds. The van der Waals surface area contributed by atoms with Gasteiger partial charge in [0.05, 0.1) is 6.42 Å². The molecule has 3 rings (SSSR count). The van der Waals surface area contributed by atoms with Crippen molar-refractivity contribution in [3.8, 4) is 0 Å². The molecular weight excluding hydrogens is 322 g/mol. The van der Waals surface area contributed by atoms with Crippen molar-refractivity contribution < 1.29 is 9.90 Å². The van der Waals surface area contributed by atoms with Crippen LogP contribution in [-0.4, -0.2) is 64.3 Å². The lowest BCUT2D eigenvalue weighted by atomic mass is 10.1. The smallest absolute Gasteiger partial charge is 0.303 e. The highest BCUT2D eigenvalue weighted by atomic mass is 16.4. The van der Waals surface area contributed by atoms with Crippen LogP contribution in [0.3, 0.4) is 0 Å². The molecule has 0 aliphatic carbocycles. The molecule has 0 atom stereocenters. The first-order chi connectivity index (χ1) is 12.0. The molecule has 2 aliphatic heterocycles. The van der Waals surface area contributed by atoms with Crippen molar-refractivity contribution in [3.05, 3.63) is 5.82 Å². The van der Waals surface area contributed by atoms with E-state index < -0.39 is 5.97 Å². The van der Waals surface area contributed by atoms with E-state index in [2.05, 4.69) is 24.8 Å². The number of carbonyl (C=O) groups is 1. The first-order valence-corrected chi connectivity index (χ1v) is 8.99. The summed E-state index contributed by atoms with van der Waals surface area (Å²) in [5.41, 5.74) is 12.0. The number of nitrogens with zero attached hydrogens (tertiary/aromatic N) is 5. The standard InChI is InChI=1S/C16H27N7O2/c17-11-3-7-22(8-4-11)15-19-13(1-2-14(24)25)20-16(21-15)23-9-5-12(18)6-10-23/h11-12H,1-10,17-18H2,(H,24,25). The fourth-order valence-electron chi connectivity index (χ4n) is 3.21. The Morgan fingerprint density at radius 1 is 0.920 bits per heavy atom. The van der Waals surface area contributed by atoms with Gasteiger partial charge in [-0.2, -0.15) is 15.0 Å². The van der Waals surface area contributed by atoms with E-state index >= 15 is 0 Å². The zero-order valence-corrected chi connectivity index (χ0v) is 14.5. The minimum Gasteiger partial charge on any atom is -0.481 e. The van der Waals surface area contributed by atoms with Crippen LogP contribution in [0.25, 0.3) is 0 Å². The Labute approximate surface area is 147 Å². The van der Waals surface area contributed by atoms with Crippen LogP contribution >= 0.6 is 0 Å². The Morgan fingerprint density at radius 3 is 1.76 bits per heavy atom. The van der Waals surface area contributed by atoms with E-state index in [1.165, 1.54) is 0 Å². The number of aryl methyl sites for hydroxylation is 1. The van der Waals surface area contributed by atoms with Gasteiger partial charge < -0.3 is 26.4 Å². The molecule has 0 radical (unpaired) electrons. The third-order valence-electron chi connectivity index (χ3n) is 4.87. The van der Waals surface area contributed by atoms with E-state index in [4.69, 9.17) is 16.6 Å². The second kappa shape index (κ2) is 7.92. The normalized spacial score (nSPS) is 20.1. The summed E-state index contributed by atoms with van der Waals surface area (Å²) in [7, 11) is 0.